The van der Waals surface area contributed by atoms with E-state index in [1.165, 1.54) is 11.4 Å². The lowest BCUT2D eigenvalue weighted by molar-refractivity contribution is 0.0964. The minimum atomic E-state index is -3.35. The van der Waals surface area contributed by atoms with Gasteiger partial charge in [-0.1, -0.05) is 0 Å². The number of aliphatic hydroxyl groups is 1. The molecule has 0 atom stereocenters. The van der Waals surface area contributed by atoms with Crippen LogP contribution in [0.1, 0.15) is 12.8 Å². The van der Waals surface area contributed by atoms with Crippen LogP contribution in [-0.2, 0) is 19.5 Å². The Hall–Kier alpha value is -0.210. The molecule has 0 bridgehead atoms. The molecule has 0 aromatic rings. The molecular weight excluding hydrogens is 246 g/mol. The van der Waals surface area contributed by atoms with Gasteiger partial charge in [0, 0.05) is 33.4 Å². The van der Waals surface area contributed by atoms with Crippen molar-refractivity contribution in [1.82, 2.24) is 4.31 Å². The molecule has 0 spiro atoms. The van der Waals surface area contributed by atoms with Crippen LogP contribution in [0.15, 0.2) is 0 Å². The number of hydrogen-bond donors (Lipinski definition) is 1. The first-order valence-corrected chi connectivity index (χ1v) is 7.29. The highest BCUT2D eigenvalue weighted by atomic mass is 32.2. The van der Waals surface area contributed by atoms with Crippen molar-refractivity contribution in [1.29, 1.82) is 0 Å². The minimum absolute atomic E-state index is 0.128. The summed E-state index contributed by atoms with van der Waals surface area (Å²) in [6.07, 6.45) is 1.05. The van der Waals surface area contributed by atoms with Crippen molar-refractivity contribution in [3.05, 3.63) is 0 Å². The highest BCUT2D eigenvalue weighted by Crippen LogP contribution is 2.19. The molecular formula is C10H21NO5S. The van der Waals surface area contributed by atoms with E-state index < -0.39 is 10.0 Å². The summed E-state index contributed by atoms with van der Waals surface area (Å²) >= 11 is 0. The standard InChI is InChI=1S/C10H21NO5S/c1-15-9-5-11(4-6-12)17(13,14)10-2-7-16-8-3-10/h10,12H,2-9H2,1H3. The Kier molecular flexibility index (Phi) is 6.35. The normalized spacial score (nSPS) is 18.8. The zero-order valence-electron chi connectivity index (χ0n) is 10.2. The molecule has 1 saturated heterocycles. The third kappa shape index (κ3) is 4.18. The molecule has 0 saturated carbocycles. The first-order chi connectivity index (χ1) is 8.12. The van der Waals surface area contributed by atoms with Gasteiger partial charge in [0.25, 0.3) is 0 Å². The lowest BCUT2D eigenvalue weighted by atomic mass is 10.2. The molecule has 0 unspecified atom stereocenters. The Morgan fingerprint density at radius 3 is 2.53 bits per heavy atom. The van der Waals surface area contributed by atoms with Gasteiger partial charge in [-0.15, -0.1) is 0 Å². The Bertz CT molecular complexity index is 300. The fraction of sp³-hybridized carbons (Fsp3) is 1.00. The predicted octanol–water partition coefficient (Wildman–Crippen LogP) is -0.564. The van der Waals surface area contributed by atoms with Crippen molar-refractivity contribution in [2.24, 2.45) is 0 Å². The summed E-state index contributed by atoms with van der Waals surface area (Å²) in [5, 5.41) is 8.54. The molecule has 102 valence electrons. The lowest BCUT2D eigenvalue weighted by Gasteiger charge is -2.29. The molecule has 0 radical (unpaired) electrons. The molecule has 7 heteroatoms. The molecule has 1 rings (SSSR count). The van der Waals surface area contributed by atoms with E-state index in [4.69, 9.17) is 14.6 Å². The van der Waals surface area contributed by atoms with Gasteiger partial charge in [0.15, 0.2) is 0 Å². The highest BCUT2D eigenvalue weighted by Gasteiger charge is 2.32. The van der Waals surface area contributed by atoms with Crippen molar-refractivity contribution >= 4 is 10.0 Å². The largest absolute Gasteiger partial charge is 0.395 e. The highest BCUT2D eigenvalue weighted by molar-refractivity contribution is 7.89. The fourth-order valence-electron chi connectivity index (χ4n) is 1.86. The van der Waals surface area contributed by atoms with E-state index >= 15 is 0 Å². The summed E-state index contributed by atoms with van der Waals surface area (Å²) in [6, 6.07) is 0. The van der Waals surface area contributed by atoms with Crippen LogP contribution in [-0.4, -0.2) is 69.7 Å². The van der Waals surface area contributed by atoms with E-state index in [1.807, 2.05) is 0 Å². The zero-order valence-corrected chi connectivity index (χ0v) is 11.0. The molecule has 0 amide bonds. The maximum Gasteiger partial charge on any atom is 0.217 e. The van der Waals surface area contributed by atoms with Gasteiger partial charge in [-0.3, -0.25) is 0 Å². The fourth-order valence-corrected chi connectivity index (χ4v) is 3.73. The number of ether oxygens (including phenoxy) is 2. The Labute approximate surface area is 103 Å². The monoisotopic (exact) mass is 267 g/mol. The Balaban J connectivity index is 2.67. The second-order valence-corrected chi connectivity index (χ2v) is 6.19. The van der Waals surface area contributed by atoms with E-state index in [1.54, 1.807) is 0 Å². The molecule has 1 N–H and O–H groups in total. The second-order valence-electron chi connectivity index (χ2n) is 3.97. The van der Waals surface area contributed by atoms with Gasteiger partial charge in [0.1, 0.15) is 0 Å². The Morgan fingerprint density at radius 2 is 2.00 bits per heavy atom. The third-order valence-electron chi connectivity index (χ3n) is 2.84. The molecule has 1 aliphatic heterocycles. The van der Waals surface area contributed by atoms with Crippen molar-refractivity contribution in [2.45, 2.75) is 18.1 Å². The number of methoxy groups -OCH3 is 1. The van der Waals surface area contributed by atoms with Crippen LogP contribution in [0, 0.1) is 0 Å². The van der Waals surface area contributed by atoms with E-state index in [-0.39, 0.29) is 24.9 Å². The predicted molar refractivity (Wildman–Crippen MR) is 63.3 cm³/mol. The molecule has 17 heavy (non-hydrogen) atoms. The van der Waals surface area contributed by atoms with Gasteiger partial charge in [-0.2, -0.15) is 4.31 Å². The molecule has 0 aliphatic carbocycles. The van der Waals surface area contributed by atoms with Crippen molar-refractivity contribution in [3.8, 4) is 0 Å². The maximum atomic E-state index is 12.3. The van der Waals surface area contributed by atoms with Crippen molar-refractivity contribution in [3.63, 3.8) is 0 Å². The van der Waals surface area contributed by atoms with Crippen molar-refractivity contribution < 1.29 is 23.0 Å². The third-order valence-corrected chi connectivity index (χ3v) is 5.24. The number of rotatable bonds is 7. The zero-order chi connectivity index (χ0) is 12.7. The molecule has 1 aliphatic rings. The first kappa shape index (κ1) is 14.8. The van der Waals surface area contributed by atoms with E-state index in [2.05, 4.69) is 0 Å². The first-order valence-electron chi connectivity index (χ1n) is 5.79. The number of nitrogens with zero attached hydrogens (tertiary/aromatic N) is 1. The molecule has 0 aromatic heterocycles. The molecule has 0 aromatic carbocycles. The van der Waals surface area contributed by atoms with Crippen LogP contribution in [0.4, 0.5) is 0 Å². The summed E-state index contributed by atoms with van der Waals surface area (Å²) in [4.78, 5) is 0. The van der Waals surface area contributed by atoms with Gasteiger partial charge in [-0.25, -0.2) is 8.42 Å². The van der Waals surface area contributed by atoms with Crippen LogP contribution < -0.4 is 0 Å². The van der Waals surface area contributed by atoms with Crippen molar-refractivity contribution in [2.75, 3.05) is 46.6 Å². The summed E-state index contributed by atoms with van der Waals surface area (Å²) in [7, 11) is -1.82. The number of aliphatic hydroxyl groups excluding tert-OH is 1. The van der Waals surface area contributed by atoms with Gasteiger partial charge >= 0.3 is 0 Å². The molecule has 1 heterocycles. The lowest BCUT2D eigenvalue weighted by Crippen LogP contribution is -2.44. The Morgan fingerprint density at radius 1 is 1.35 bits per heavy atom. The summed E-state index contributed by atoms with van der Waals surface area (Å²) in [6.45, 7) is 1.55. The summed E-state index contributed by atoms with van der Waals surface area (Å²) in [5.41, 5.74) is 0. The van der Waals surface area contributed by atoms with Gasteiger partial charge in [0.05, 0.1) is 18.5 Å². The topological polar surface area (TPSA) is 76.1 Å². The quantitative estimate of drug-likeness (QED) is 0.669. The van der Waals surface area contributed by atoms with Gasteiger partial charge in [-0.05, 0) is 12.8 Å². The number of sulfonamides is 1. The maximum absolute atomic E-state index is 12.3. The van der Waals surface area contributed by atoms with E-state index in [0.717, 1.165) is 0 Å². The second kappa shape index (κ2) is 7.27. The number of hydrogen-bond acceptors (Lipinski definition) is 5. The van der Waals surface area contributed by atoms with Gasteiger partial charge in [0.2, 0.25) is 10.0 Å². The van der Waals surface area contributed by atoms with Gasteiger partial charge < -0.3 is 14.6 Å². The van der Waals surface area contributed by atoms with Crippen LogP contribution in [0.25, 0.3) is 0 Å². The average Bonchev–Trinajstić information content (AvgIpc) is 2.35. The molecule has 1 fully saturated rings. The van der Waals surface area contributed by atoms with Crippen LogP contribution in [0.3, 0.4) is 0 Å². The van der Waals surface area contributed by atoms with E-state index in [9.17, 15) is 8.42 Å². The van der Waals surface area contributed by atoms with Crippen LogP contribution in [0.5, 0.6) is 0 Å². The summed E-state index contributed by atoms with van der Waals surface area (Å²) in [5.74, 6) is 0. The van der Waals surface area contributed by atoms with E-state index in [0.29, 0.717) is 32.7 Å². The smallest absolute Gasteiger partial charge is 0.217 e. The van der Waals surface area contributed by atoms with Crippen LogP contribution in [0.2, 0.25) is 0 Å². The minimum Gasteiger partial charge on any atom is -0.395 e. The summed E-state index contributed by atoms with van der Waals surface area (Å²) < 4.78 is 35.9. The van der Waals surface area contributed by atoms with Crippen LogP contribution >= 0.6 is 0 Å². The SMILES string of the molecule is COCCN(CCO)S(=O)(=O)C1CCOCC1. The molecule has 6 nitrogen and oxygen atoms in total. The average molecular weight is 267 g/mol.